The first-order valence-corrected chi connectivity index (χ1v) is 12.9. The van der Waals surface area contributed by atoms with E-state index in [0.717, 1.165) is 43.4 Å². The molecule has 6 rings (SSSR count). The Kier molecular flexibility index (Phi) is 6.37. The van der Waals surface area contributed by atoms with Crippen molar-refractivity contribution in [2.24, 2.45) is 5.92 Å². The van der Waals surface area contributed by atoms with Gasteiger partial charge in [0.2, 0.25) is 11.8 Å². The highest BCUT2D eigenvalue weighted by atomic mass is 32.1. The van der Waals surface area contributed by atoms with Crippen LogP contribution in [0.5, 0.6) is 0 Å². The summed E-state index contributed by atoms with van der Waals surface area (Å²) in [6.07, 6.45) is 5.22. The summed E-state index contributed by atoms with van der Waals surface area (Å²) < 4.78 is 7.10. The summed E-state index contributed by atoms with van der Waals surface area (Å²) in [6, 6.07) is 23.5. The van der Waals surface area contributed by atoms with E-state index in [1.165, 1.54) is 29.7 Å². The Hall–Kier alpha value is -2.47. The minimum Gasteiger partial charge on any atom is -0.410 e. The van der Waals surface area contributed by atoms with Crippen LogP contribution in [0.4, 0.5) is 0 Å². The van der Waals surface area contributed by atoms with Crippen LogP contribution >= 0.6 is 11.3 Å². The molecule has 4 nitrogen and oxygen atoms in total. The van der Waals surface area contributed by atoms with E-state index >= 15 is 0 Å². The zero-order valence-electron chi connectivity index (χ0n) is 18.9. The van der Waals surface area contributed by atoms with Crippen molar-refractivity contribution in [2.45, 2.75) is 43.9 Å². The predicted molar refractivity (Wildman–Crippen MR) is 131 cm³/mol. The van der Waals surface area contributed by atoms with E-state index in [0.29, 0.717) is 16.4 Å². The summed E-state index contributed by atoms with van der Waals surface area (Å²) in [5, 5.41) is 13.6. The van der Waals surface area contributed by atoms with Crippen molar-refractivity contribution in [3.8, 4) is 0 Å². The topological polar surface area (TPSA) is 46.5 Å². The molecule has 3 aromatic rings. The maximum absolute atomic E-state index is 13.7. The van der Waals surface area contributed by atoms with Gasteiger partial charge in [0.25, 0.3) is 0 Å². The number of thiophene rings is 1. The van der Waals surface area contributed by atoms with E-state index in [1.807, 2.05) is 35.7 Å². The highest BCUT2D eigenvalue weighted by Crippen LogP contribution is 2.41. The van der Waals surface area contributed by atoms with Crippen LogP contribution < -0.4 is 0 Å². The van der Waals surface area contributed by atoms with Crippen LogP contribution in [0, 0.1) is 5.92 Å². The molecule has 1 aromatic heterocycles. The predicted octanol–water partition coefficient (Wildman–Crippen LogP) is 5.12. The second-order valence-corrected chi connectivity index (χ2v) is 10.5. The van der Waals surface area contributed by atoms with E-state index in [1.54, 1.807) is 12.1 Å². The number of benzene rings is 2. The molecular formula is C28H32NO3S+. The molecule has 1 N–H and O–H groups in total. The molecule has 0 spiro atoms. The maximum Gasteiger partial charge on any atom is 0.353 e. The number of esters is 1. The number of aryl methyl sites for hydroxylation is 1. The Labute approximate surface area is 200 Å². The zero-order valence-corrected chi connectivity index (χ0v) is 19.8. The smallest absolute Gasteiger partial charge is 0.353 e. The number of fused-ring (bicyclic) bond motifs is 3. The molecule has 33 heavy (non-hydrogen) atoms. The Morgan fingerprint density at radius 2 is 1.70 bits per heavy atom. The Morgan fingerprint density at radius 1 is 1.00 bits per heavy atom. The molecule has 4 heterocycles. The van der Waals surface area contributed by atoms with Gasteiger partial charge in [-0.2, -0.15) is 0 Å². The number of ether oxygens (including phenoxy) is 1. The lowest BCUT2D eigenvalue weighted by Crippen LogP contribution is -2.66. The van der Waals surface area contributed by atoms with Gasteiger partial charge in [-0.15, -0.1) is 11.3 Å². The third-order valence-corrected chi connectivity index (χ3v) is 8.61. The lowest BCUT2D eigenvalue weighted by molar-refractivity contribution is -0.984. The fourth-order valence-corrected chi connectivity index (χ4v) is 6.50. The largest absolute Gasteiger partial charge is 0.410 e. The van der Waals surface area contributed by atoms with Gasteiger partial charge in [0.1, 0.15) is 0 Å². The Bertz CT molecular complexity index is 1050. The van der Waals surface area contributed by atoms with Crippen LogP contribution in [-0.2, 0) is 21.6 Å². The summed E-state index contributed by atoms with van der Waals surface area (Å²) in [5.74, 6) is 0.0674. The number of hydrogen-bond acceptors (Lipinski definition) is 4. The molecule has 5 heteroatoms. The first-order valence-electron chi connectivity index (χ1n) is 12.0. The lowest BCUT2D eigenvalue weighted by atomic mass is 9.83. The van der Waals surface area contributed by atoms with Crippen molar-refractivity contribution >= 4 is 17.3 Å². The average Bonchev–Trinajstić information content (AvgIpc) is 3.41. The number of carbonyl (C=O) groups excluding carboxylic acids is 1. The van der Waals surface area contributed by atoms with Crippen molar-refractivity contribution in [3.63, 3.8) is 0 Å². The van der Waals surface area contributed by atoms with E-state index in [-0.39, 0.29) is 6.23 Å². The number of piperidine rings is 3. The van der Waals surface area contributed by atoms with Crippen molar-refractivity contribution in [1.82, 2.24) is 0 Å². The molecule has 0 radical (unpaired) electrons. The number of hydrogen-bond donors (Lipinski definition) is 1. The van der Waals surface area contributed by atoms with Gasteiger partial charge in [0.15, 0.2) is 0 Å². The first-order chi connectivity index (χ1) is 16.1. The Morgan fingerprint density at radius 3 is 2.36 bits per heavy atom. The molecular weight excluding hydrogens is 430 g/mol. The van der Waals surface area contributed by atoms with Gasteiger partial charge in [-0.25, -0.2) is 4.79 Å². The first kappa shape index (κ1) is 22.3. The van der Waals surface area contributed by atoms with Crippen LogP contribution in [0.1, 0.15) is 41.7 Å². The summed E-state index contributed by atoms with van der Waals surface area (Å²) in [5.41, 5.74) is 0.137. The van der Waals surface area contributed by atoms with Crippen molar-refractivity contribution in [3.05, 3.63) is 94.2 Å². The van der Waals surface area contributed by atoms with Crippen LogP contribution in [0.3, 0.4) is 0 Å². The molecule has 2 bridgehead atoms. The molecule has 3 saturated heterocycles. The van der Waals surface area contributed by atoms with Crippen LogP contribution in [0.25, 0.3) is 0 Å². The molecule has 3 aliphatic heterocycles. The normalized spacial score (nSPS) is 26.0. The molecule has 3 aliphatic rings. The SMILES string of the molecule is O=C(O[C@@H]1CC2CC[N+]1(CCCc1ccccc1)CC2)C(O)(c1ccccc1)c1cccs1. The zero-order chi connectivity index (χ0) is 22.7. The van der Waals surface area contributed by atoms with Gasteiger partial charge in [0, 0.05) is 31.2 Å². The van der Waals surface area contributed by atoms with E-state index in [9.17, 15) is 9.90 Å². The van der Waals surface area contributed by atoms with Crippen molar-refractivity contribution < 1.29 is 19.1 Å². The van der Waals surface area contributed by atoms with Crippen LogP contribution in [0.2, 0.25) is 0 Å². The number of rotatable bonds is 8. The fraction of sp³-hybridized carbons (Fsp3) is 0.393. The van der Waals surface area contributed by atoms with Gasteiger partial charge in [0.05, 0.1) is 24.5 Å². The van der Waals surface area contributed by atoms with Crippen LogP contribution in [-0.4, -0.2) is 41.4 Å². The molecule has 1 unspecified atom stereocenters. The quantitative estimate of drug-likeness (QED) is 0.373. The summed E-state index contributed by atoms with van der Waals surface area (Å²) >= 11 is 1.39. The Balaban J connectivity index is 1.36. The highest BCUT2D eigenvalue weighted by molar-refractivity contribution is 7.10. The molecule has 0 saturated carbocycles. The molecule has 2 atom stereocenters. The highest BCUT2D eigenvalue weighted by Gasteiger charge is 2.52. The molecule has 0 amide bonds. The van der Waals surface area contributed by atoms with Gasteiger partial charge < -0.3 is 9.84 Å². The van der Waals surface area contributed by atoms with Gasteiger partial charge in [-0.05, 0) is 29.3 Å². The standard InChI is InChI=1S/C28H32NO3S/c30-27(28(31,25-14-8-20-33-25)24-12-5-2-6-13-24)32-26-21-23-15-18-29(26,19-16-23)17-7-11-22-9-3-1-4-10-22/h1-6,8-10,12-14,20,23,26,31H,7,11,15-19,21H2/q+1/t23?,26-,28?,29?/m1/s1. The van der Waals surface area contributed by atoms with Gasteiger partial charge in [-0.3, -0.25) is 4.48 Å². The molecule has 172 valence electrons. The monoisotopic (exact) mass is 462 g/mol. The van der Waals surface area contributed by atoms with Crippen LogP contribution in [0.15, 0.2) is 78.2 Å². The third kappa shape index (κ3) is 4.37. The third-order valence-electron chi connectivity index (χ3n) is 7.63. The number of quaternary nitrogens is 1. The minimum absolute atomic E-state index is 0.184. The fourth-order valence-electron chi connectivity index (χ4n) is 5.67. The molecule has 0 aliphatic carbocycles. The minimum atomic E-state index is -1.78. The van der Waals surface area contributed by atoms with E-state index in [4.69, 9.17) is 4.74 Å². The van der Waals surface area contributed by atoms with Crippen molar-refractivity contribution in [1.29, 1.82) is 0 Å². The lowest BCUT2D eigenvalue weighted by Gasteiger charge is -2.53. The number of aliphatic hydroxyl groups is 1. The molecule has 2 aromatic carbocycles. The van der Waals surface area contributed by atoms with Crippen molar-refractivity contribution in [2.75, 3.05) is 19.6 Å². The maximum atomic E-state index is 13.7. The second kappa shape index (κ2) is 9.41. The summed E-state index contributed by atoms with van der Waals surface area (Å²) in [7, 11) is 0. The summed E-state index contributed by atoms with van der Waals surface area (Å²) in [4.78, 5) is 14.3. The number of carbonyl (C=O) groups is 1. The van der Waals surface area contributed by atoms with E-state index < -0.39 is 11.6 Å². The average molecular weight is 463 g/mol. The number of nitrogens with zero attached hydrogens (tertiary/aromatic N) is 1. The molecule has 3 fully saturated rings. The van der Waals surface area contributed by atoms with Gasteiger partial charge >= 0.3 is 5.97 Å². The van der Waals surface area contributed by atoms with Gasteiger partial charge in [-0.1, -0.05) is 66.7 Å². The second-order valence-electron chi connectivity index (χ2n) is 9.57. The summed E-state index contributed by atoms with van der Waals surface area (Å²) in [6.45, 7) is 3.11. The van der Waals surface area contributed by atoms with E-state index in [2.05, 4.69) is 30.3 Å².